The molecule has 1 heterocycles. The van der Waals surface area contributed by atoms with Crippen LogP contribution in [0.2, 0.25) is 0 Å². The molecule has 0 bridgehead atoms. The first-order chi connectivity index (χ1) is 5.88. The second kappa shape index (κ2) is 5.44. The lowest BCUT2D eigenvalue weighted by Gasteiger charge is -2.31. The van der Waals surface area contributed by atoms with E-state index in [1.807, 2.05) is 0 Å². The Morgan fingerprint density at radius 2 is 2.42 bits per heavy atom. The number of nitrogens with zero attached hydrogens (tertiary/aromatic N) is 1. The van der Waals surface area contributed by atoms with Crippen molar-refractivity contribution in [3.63, 3.8) is 0 Å². The lowest BCUT2D eigenvalue weighted by atomic mass is 10.0. The summed E-state index contributed by atoms with van der Waals surface area (Å²) in [5.41, 5.74) is 0. The summed E-state index contributed by atoms with van der Waals surface area (Å²) in [4.78, 5) is 2.46. The minimum absolute atomic E-state index is 0.592. The molecule has 0 aromatic heterocycles. The number of likely N-dealkylation sites (tertiary alicyclic amines) is 1. The van der Waals surface area contributed by atoms with Crippen molar-refractivity contribution in [1.29, 1.82) is 0 Å². The zero-order valence-electron chi connectivity index (χ0n) is 7.96. The van der Waals surface area contributed by atoms with E-state index in [4.69, 9.17) is 4.74 Å². The van der Waals surface area contributed by atoms with E-state index >= 15 is 0 Å². The lowest BCUT2D eigenvalue weighted by Crippen LogP contribution is -2.41. The van der Waals surface area contributed by atoms with E-state index in [1.54, 1.807) is 7.11 Å². The topological polar surface area (TPSA) is 12.5 Å². The van der Waals surface area contributed by atoms with E-state index in [2.05, 4.69) is 18.2 Å². The molecule has 1 rings (SSSR count). The van der Waals surface area contributed by atoms with Gasteiger partial charge in [0.25, 0.3) is 0 Å². The monoisotopic (exact) mass is 169 g/mol. The van der Waals surface area contributed by atoms with Gasteiger partial charge < -0.3 is 4.74 Å². The number of hydrogen-bond acceptors (Lipinski definition) is 2. The van der Waals surface area contributed by atoms with Crippen molar-refractivity contribution >= 4 is 0 Å². The van der Waals surface area contributed by atoms with Crippen LogP contribution in [-0.2, 0) is 4.74 Å². The van der Waals surface area contributed by atoms with Crippen molar-refractivity contribution in [3.05, 3.63) is 13.3 Å². The van der Waals surface area contributed by atoms with E-state index in [-0.39, 0.29) is 0 Å². The maximum atomic E-state index is 5.06. The Hall–Kier alpha value is -0.210. The van der Waals surface area contributed by atoms with Crippen LogP contribution in [0.15, 0.2) is 0 Å². The van der Waals surface area contributed by atoms with Crippen LogP contribution >= 0.6 is 0 Å². The van der Waals surface area contributed by atoms with Crippen LogP contribution in [0, 0.1) is 13.3 Å². The molecule has 0 N–H and O–H groups in total. The summed E-state index contributed by atoms with van der Waals surface area (Å²) in [6, 6.07) is 0.592. The standard InChI is InChI=1S/C10H19NO/c1-3-10-6-4-5-7-11(10)8-9-12-2/h3,10H,1,4-9H2,2H3. The molecule has 0 aromatic rings. The number of methoxy groups -OCH3 is 1. The van der Waals surface area contributed by atoms with E-state index in [9.17, 15) is 0 Å². The highest BCUT2D eigenvalue weighted by Crippen LogP contribution is 2.17. The first kappa shape index (κ1) is 9.87. The van der Waals surface area contributed by atoms with Gasteiger partial charge in [-0.2, -0.15) is 0 Å². The first-order valence-corrected chi connectivity index (χ1v) is 4.74. The van der Waals surface area contributed by atoms with Crippen LogP contribution in [0.3, 0.4) is 0 Å². The van der Waals surface area contributed by atoms with Gasteiger partial charge in [0.1, 0.15) is 6.04 Å². The van der Waals surface area contributed by atoms with Crippen molar-refractivity contribution < 1.29 is 4.74 Å². The molecule has 0 radical (unpaired) electrons. The quantitative estimate of drug-likeness (QED) is 0.592. The average Bonchev–Trinajstić information content (AvgIpc) is 2.15. The summed E-state index contributed by atoms with van der Waals surface area (Å²) in [6.07, 6.45) is 6.01. The van der Waals surface area contributed by atoms with Gasteiger partial charge in [0.15, 0.2) is 0 Å². The highest BCUT2D eigenvalue weighted by molar-refractivity contribution is 4.89. The fourth-order valence-electron chi connectivity index (χ4n) is 1.77. The molecule has 0 saturated carbocycles. The smallest absolute Gasteiger partial charge is 0.120 e. The van der Waals surface area contributed by atoms with E-state index < -0.39 is 0 Å². The molecule has 1 aliphatic heterocycles. The molecule has 0 spiro atoms. The van der Waals surface area contributed by atoms with Crippen LogP contribution in [0.5, 0.6) is 0 Å². The maximum Gasteiger partial charge on any atom is 0.120 e. The van der Waals surface area contributed by atoms with Crippen LogP contribution in [-0.4, -0.2) is 37.7 Å². The summed E-state index contributed by atoms with van der Waals surface area (Å²) >= 11 is 0. The SMILES string of the molecule is [CH2-][CH+]C1CCCCN1CCOC. The van der Waals surface area contributed by atoms with Gasteiger partial charge in [-0.1, -0.05) is 6.42 Å². The molecule has 0 aliphatic carbocycles. The van der Waals surface area contributed by atoms with Crippen molar-refractivity contribution in [2.45, 2.75) is 25.3 Å². The molecular formula is C10H19NO. The Kier molecular flexibility index (Phi) is 4.48. The lowest BCUT2D eigenvalue weighted by molar-refractivity contribution is 0.109. The average molecular weight is 169 g/mol. The summed E-state index contributed by atoms with van der Waals surface area (Å²) in [6.45, 7) is 6.96. The van der Waals surface area contributed by atoms with Crippen molar-refractivity contribution in [3.8, 4) is 0 Å². The molecule has 1 atom stereocenters. The second-order valence-corrected chi connectivity index (χ2v) is 3.33. The van der Waals surface area contributed by atoms with Gasteiger partial charge in [0.2, 0.25) is 0 Å². The normalized spacial score (nSPS) is 25.7. The fraction of sp³-hybridized carbons (Fsp3) is 0.800. The van der Waals surface area contributed by atoms with Gasteiger partial charge in [-0.05, 0) is 12.8 Å². The molecule has 0 amide bonds. The van der Waals surface area contributed by atoms with Crippen molar-refractivity contribution in [1.82, 2.24) is 4.90 Å². The van der Waals surface area contributed by atoms with Gasteiger partial charge in [-0.15, -0.1) is 6.92 Å². The van der Waals surface area contributed by atoms with Gasteiger partial charge >= 0.3 is 0 Å². The highest BCUT2D eigenvalue weighted by atomic mass is 16.5. The first-order valence-electron chi connectivity index (χ1n) is 4.74. The predicted octanol–water partition coefficient (Wildman–Crippen LogP) is 1.53. The summed E-state index contributed by atoms with van der Waals surface area (Å²) in [5, 5.41) is 0. The third-order valence-corrected chi connectivity index (χ3v) is 2.52. The van der Waals surface area contributed by atoms with Crippen molar-refractivity contribution in [2.75, 3.05) is 26.8 Å². The van der Waals surface area contributed by atoms with Crippen LogP contribution in [0.1, 0.15) is 19.3 Å². The minimum Gasteiger partial charge on any atom is -0.383 e. The van der Waals surface area contributed by atoms with Gasteiger partial charge in [-0.25, -0.2) is 0 Å². The summed E-state index contributed by atoms with van der Waals surface area (Å²) < 4.78 is 5.06. The van der Waals surface area contributed by atoms with E-state index in [0.29, 0.717) is 6.04 Å². The third kappa shape index (κ3) is 2.68. The molecule has 0 aromatic carbocycles. The third-order valence-electron chi connectivity index (χ3n) is 2.52. The van der Waals surface area contributed by atoms with Crippen LogP contribution < -0.4 is 0 Å². The Bertz CT molecular complexity index is 116. The Morgan fingerprint density at radius 3 is 3.08 bits per heavy atom. The zero-order chi connectivity index (χ0) is 8.81. The molecule has 70 valence electrons. The fourth-order valence-corrected chi connectivity index (χ4v) is 1.77. The second-order valence-electron chi connectivity index (χ2n) is 3.33. The zero-order valence-corrected chi connectivity index (χ0v) is 7.96. The van der Waals surface area contributed by atoms with Gasteiger partial charge in [-0.3, -0.25) is 4.90 Å². The molecule has 1 fully saturated rings. The molecule has 2 nitrogen and oxygen atoms in total. The largest absolute Gasteiger partial charge is 0.383 e. The molecule has 1 aliphatic rings. The van der Waals surface area contributed by atoms with Gasteiger partial charge in [0.05, 0.1) is 6.61 Å². The molecule has 1 saturated heterocycles. The molecular weight excluding hydrogens is 150 g/mol. The van der Waals surface area contributed by atoms with Gasteiger partial charge in [0, 0.05) is 26.6 Å². The summed E-state index contributed by atoms with van der Waals surface area (Å²) in [5.74, 6) is 0. The number of rotatable bonds is 4. The minimum atomic E-state index is 0.592. The molecule has 2 heteroatoms. The molecule has 1 unspecified atom stereocenters. The number of piperidine rings is 1. The Morgan fingerprint density at radius 1 is 1.58 bits per heavy atom. The molecule has 12 heavy (non-hydrogen) atoms. The van der Waals surface area contributed by atoms with Crippen molar-refractivity contribution in [2.24, 2.45) is 0 Å². The van der Waals surface area contributed by atoms with E-state index in [1.165, 1.54) is 25.8 Å². The Labute approximate surface area is 75.9 Å². The predicted molar refractivity (Wildman–Crippen MR) is 50.7 cm³/mol. The Balaban J connectivity index is 2.26. The number of ether oxygens (including phenoxy) is 1. The maximum absolute atomic E-state index is 5.06. The highest BCUT2D eigenvalue weighted by Gasteiger charge is 2.23. The van der Waals surface area contributed by atoms with Crippen LogP contribution in [0.25, 0.3) is 0 Å². The number of hydrogen-bond donors (Lipinski definition) is 0. The summed E-state index contributed by atoms with van der Waals surface area (Å²) in [7, 11) is 1.76. The van der Waals surface area contributed by atoms with Crippen LogP contribution in [0.4, 0.5) is 0 Å². The van der Waals surface area contributed by atoms with E-state index in [0.717, 1.165) is 13.2 Å².